The molecule has 1 saturated heterocycles. The van der Waals surface area contributed by atoms with E-state index in [2.05, 4.69) is 4.74 Å². The quantitative estimate of drug-likeness (QED) is 0.626. The van der Waals surface area contributed by atoms with Gasteiger partial charge in [0.05, 0.1) is 14.2 Å². The molecule has 3 rings (SSSR count). The lowest BCUT2D eigenvalue weighted by molar-refractivity contribution is -0.142. The fourth-order valence-corrected chi connectivity index (χ4v) is 2.21. The molecule has 4 nitrogen and oxygen atoms in total. The molecule has 0 radical (unpaired) electrons. The van der Waals surface area contributed by atoms with Gasteiger partial charge in [-0.25, -0.2) is 4.79 Å². The first kappa shape index (κ1) is 12.0. The van der Waals surface area contributed by atoms with E-state index in [-0.39, 0.29) is 12.1 Å². The van der Waals surface area contributed by atoms with E-state index in [1.165, 1.54) is 7.11 Å². The van der Waals surface area contributed by atoms with Crippen LogP contribution in [0.15, 0.2) is 36.4 Å². The first-order valence-electron chi connectivity index (χ1n) is 6.04. The fourth-order valence-electron chi connectivity index (χ4n) is 2.21. The number of esters is 1. The summed E-state index contributed by atoms with van der Waals surface area (Å²) >= 11 is 0. The van der Waals surface area contributed by atoms with Gasteiger partial charge in [-0.15, -0.1) is 0 Å². The standard InChI is InChI=1S/C15H14O4/c1-17-12-6-5-9-7-11(4-3-10(9)8-12)13-14(19-13)15(16)18-2/h3-8,13-14H,1-2H3. The van der Waals surface area contributed by atoms with Crippen molar-refractivity contribution in [3.8, 4) is 5.75 Å². The number of hydrogen-bond acceptors (Lipinski definition) is 4. The fraction of sp³-hybridized carbons (Fsp3) is 0.267. The van der Waals surface area contributed by atoms with Gasteiger partial charge >= 0.3 is 5.97 Å². The van der Waals surface area contributed by atoms with Crippen LogP contribution in [0.2, 0.25) is 0 Å². The number of epoxide rings is 1. The average Bonchev–Trinajstić information content (AvgIpc) is 3.25. The predicted molar refractivity (Wildman–Crippen MR) is 70.1 cm³/mol. The number of ether oxygens (including phenoxy) is 3. The Labute approximate surface area is 110 Å². The molecule has 0 N–H and O–H groups in total. The summed E-state index contributed by atoms with van der Waals surface area (Å²) in [5.74, 6) is 0.509. The molecule has 0 saturated carbocycles. The molecule has 0 spiro atoms. The normalized spacial score (nSPS) is 21.2. The van der Waals surface area contributed by atoms with Crippen LogP contribution in [-0.2, 0) is 14.3 Å². The molecule has 2 unspecified atom stereocenters. The third-order valence-electron chi connectivity index (χ3n) is 3.33. The Morgan fingerprint density at radius 2 is 1.84 bits per heavy atom. The highest BCUT2D eigenvalue weighted by atomic mass is 16.6. The van der Waals surface area contributed by atoms with Crippen molar-refractivity contribution < 1.29 is 19.0 Å². The molecule has 0 aromatic heterocycles. The summed E-state index contributed by atoms with van der Waals surface area (Å²) in [7, 11) is 3.02. The number of carbonyl (C=O) groups excluding carboxylic acids is 1. The van der Waals surface area contributed by atoms with Crippen molar-refractivity contribution >= 4 is 16.7 Å². The summed E-state index contributed by atoms with van der Waals surface area (Å²) in [6.45, 7) is 0. The third kappa shape index (κ3) is 2.15. The van der Waals surface area contributed by atoms with Crippen LogP contribution in [0.1, 0.15) is 11.7 Å². The first-order valence-corrected chi connectivity index (χ1v) is 6.04. The minimum atomic E-state index is -0.458. The van der Waals surface area contributed by atoms with E-state index < -0.39 is 6.10 Å². The van der Waals surface area contributed by atoms with Crippen LogP contribution in [0.3, 0.4) is 0 Å². The summed E-state index contributed by atoms with van der Waals surface area (Å²) < 4.78 is 15.2. The highest BCUT2D eigenvalue weighted by Crippen LogP contribution is 2.40. The van der Waals surface area contributed by atoms with Crippen molar-refractivity contribution in [1.82, 2.24) is 0 Å². The van der Waals surface area contributed by atoms with Gasteiger partial charge in [-0.3, -0.25) is 0 Å². The van der Waals surface area contributed by atoms with Crippen molar-refractivity contribution in [3.63, 3.8) is 0 Å². The van der Waals surface area contributed by atoms with Gasteiger partial charge in [-0.2, -0.15) is 0 Å². The highest BCUT2D eigenvalue weighted by Gasteiger charge is 2.47. The van der Waals surface area contributed by atoms with E-state index in [0.717, 1.165) is 22.1 Å². The van der Waals surface area contributed by atoms with Gasteiger partial charge in [-0.05, 0) is 34.5 Å². The molecule has 1 aliphatic heterocycles. The Morgan fingerprint density at radius 1 is 1.11 bits per heavy atom. The first-order chi connectivity index (χ1) is 9.22. The summed E-state index contributed by atoms with van der Waals surface area (Å²) in [6.07, 6.45) is -0.639. The monoisotopic (exact) mass is 258 g/mol. The van der Waals surface area contributed by atoms with Crippen LogP contribution in [0.25, 0.3) is 10.8 Å². The number of fused-ring (bicyclic) bond motifs is 1. The zero-order chi connectivity index (χ0) is 13.4. The number of benzene rings is 2. The number of hydrogen-bond donors (Lipinski definition) is 0. The largest absolute Gasteiger partial charge is 0.497 e. The molecule has 0 aliphatic carbocycles. The van der Waals surface area contributed by atoms with Crippen LogP contribution in [0, 0.1) is 0 Å². The van der Waals surface area contributed by atoms with E-state index >= 15 is 0 Å². The number of rotatable bonds is 3. The third-order valence-corrected chi connectivity index (χ3v) is 3.33. The highest BCUT2D eigenvalue weighted by molar-refractivity contribution is 5.85. The molecule has 1 aliphatic rings. The van der Waals surface area contributed by atoms with Crippen LogP contribution >= 0.6 is 0 Å². The maximum Gasteiger partial charge on any atom is 0.338 e. The summed E-state index contributed by atoms with van der Waals surface area (Å²) in [4.78, 5) is 11.3. The van der Waals surface area contributed by atoms with Gasteiger partial charge in [0, 0.05) is 0 Å². The van der Waals surface area contributed by atoms with Gasteiger partial charge in [0.25, 0.3) is 0 Å². The molecule has 98 valence electrons. The van der Waals surface area contributed by atoms with Gasteiger partial charge in [0.1, 0.15) is 11.9 Å². The summed E-state index contributed by atoms with van der Waals surface area (Å²) in [5.41, 5.74) is 0.994. The number of methoxy groups -OCH3 is 2. The van der Waals surface area contributed by atoms with Gasteiger partial charge < -0.3 is 14.2 Å². The van der Waals surface area contributed by atoms with Crippen LogP contribution in [0.4, 0.5) is 0 Å². The van der Waals surface area contributed by atoms with Crippen molar-refractivity contribution in [2.24, 2.45) is 0 Å². The van der Waals surface area contributed by atoms with E-state index in [1.807, 2.05) is 36.4 Å². The molecule has 2 aromatic rings. The maximum absolute atomic E-state index is 11.3. The lowest BCUT2D eigenvalue weighted by Gasteiger charge is -2.04. The van der Waals surface area contributed by atoms with Crippen molar-refractivity contribution in [3.05, 3.63) is 42.0 Å². The predicted octanol–water partition coefficient (Wildman–Crippen LogP) is 2.46. The Kier molecular flexibility index (Phi) is 2.87. The zero-order valence-electron chi connectivity index (χ0n) is 10.8. The molecule has 2 atom stereocenters. The summed E-state index contributed by atoms with van der Waals surface area (Å²) in [5, 5.41) is 2.19. The molecule has 2 aromatic carbocycles. The lowest BCUT2D eigenvalue weighted by atomic mass is 10.0. The van der Waals surface area contributed by atoms with Gasteiger partial charge in [0.15, 0.2) is 6.10 Å². The van der Waals surface area contributed by atoms with Crippen LogP contribution < -0.4 is 4.74 Å². The molecule has 1 heterocycles. The number of carbonyl (C=O) groups is 1. The lowest BCUT2D eigenvalue weighted by Crippen LogP contribution is -2.09. The molecular weight excluding hydrogens is 244 g/mol. The SMILES string of the molecule is COC(=O)C1OC1c1ccc2cc(OC)ccc2c1. The second kappa shape index (κ2) is 4.55. The Balaban J connectivity index is 1.89. The zero-order valence-corrected chi connectivity index (χ0v) is 10.8. The minimum absolute atomic E-state index is 0.182. The summed E-state index contributed by atoms with van der Waals surface area (Å²) in [6, 6.07) is 11.9. The average molecular weight is 258 g/mol. The Bertz CT molecular complexity index is 635. The second-order valence-corrected chi connectivity index (χ2v) is 4.47. The van der Waals surface area contributed by atoms with Gasteiger partial charge in [0.2, 0.25) is 0 Å². The molecular formula is C15H14O4. The maximum atomic E-state index is 11.3. The molecule has 0 amide bonds. The Morgan fingerprint density at radius 3 is 2.58 bits per heavy atom. The molecule has 19 heavy (non-hydrogen) atoms. The van der Waals surface area contributed by atoms with E-state index in [9.17, 15) is 4.79 Å². The van der Waals surface area contributed by atoms with Crippen LogP contribution in [-0.4, -0.2) is 26.3 Å². The second-order valence-electron chi connectivity index (χ2n) is 4.47. The van der Waals surface area contributed by atoms with Crippen molar-refractivity contribution in [1.29, 1.82) is 0 Å². The Hall–Kier alpha value is -2.07. The van der Waals surface area contributed by atoms with Crippen LogP contribution in [0.5, 0.6) is 5.75 Å². The van der Waals surface area contributed by atoms with E-state index in [4.69, 9.17) is 9.47 Å². The molecule has 1 fully saturated rings. The smallest absolute Gasteiger partial charge is 0.338 e. The topological polar surface area (TPSA) is 48.1 Å². The van der Waals surface area contributed by atoms with Crippen molar-refractivity contribution in [2.45, 2.75) is 12.2 Å². The molecule has 0 bridgehead atoms. The minimum Gasteiger partial charge on any atom is -0.497 e. The molecule has 4 heteroatoms. The van der Waals surface area contributed by atoms with Crippen molar-refractivity contribution in [2.75, 3.05) is 14.2 Å². The van der Waals surface area contributed by atoms with Gasteiger partial charge in [-0.1, -0.05) is 18.2 Å². The van der Waals surface area contributed by atoms with E-state index in [1.54, 1.807) is 7.11 Å². The van der Waals surface area contributed by atoms with E-state index in [0.29, 0.717) is 0 Å².